The highest BCUT2D eigenvalue weighted by Crippen LogP contribution is 2.35. The fourth-order valence-corrected chi connectivity index (χ4v) is 13.4. The molecule has 0 aromatic heterocycles. The predicted octanol–water partition coefficient (Wildman–Crippen LogP) is 3.80. The molecule has 2 aromatic rings. The third kappa shape index (κ3) is 9.68. The van der Waals surface area contributed by atoms with Crippen LogP contribution in [0.3, 0.4) is 0 Å². The summed E-state index contributed by atoms with van der Waals surface area (Å²) in [6.07, 6.45) is 9.06. The number of benzene rings is 2. The molecule has 0 spiro atoms. The van der Waals surface area contributed by atoms with Crippen molar-refractivity contribution in [2.45, 2.75) is 108 Å². The van der Waals surface area contributed by atoms with E-state index in [2.05, 4.69) is 4.99 Å². The Bertz CT molecular complexity index is 2100. The van der Waals surface area contributed by atoms with E-state index in [4.69, 9.17) is 23.1 Å². The minimum absolute atomic E-state index is 0.00897. The molecule has 2 aliphatic rings. The molecule has 0 unspecified atom stereocenters. The lowest BCUT2D eigenvalue weighted by Crippen LogP contribution is -2.26. The summed E-state index contributed by atoms with van der Waals surface area (Å²) >= 11 is 5.46. The number of halogens is 1. The lowest BCUT2D eigenvalue weighted by Gasteiger charge is -2.23. The summed E-state index contributed by atoms with van der Waals surface area (Å²) in [4.78, 5) is 25.7. The summed E-state index contributed by atoms with van der Waals surface area (Å²) in [6, 6.07) is 4.62. The zero-order valence-corrected chi connectivity index (χ0v) is 31.8. The van der Waals surface area contributed by atoms with Crippen molar-refractivity contribution in [1.29, 1.82) is 0 Å². The number of aryl methyl sites for hydroxylation is 2. The van der Waals surface area contributed by atoms with E-state index in [0.717, 1.165) is 63.2 Å². The van der Waals surface area contributed by atoms with Gasteiger partial charge in [0.15, 0.2) is 45.3 Å². The first-order chi connectivity index (χ1) is 22.5. The monoisotopic (exact) mass is 779 g/mol. The van der Waals surface area contributed by atoms with Gasteiger partial charge in [0.2, 0.25) is 0 Å². The first kappa shape index (κ1) is 40.6. The van der Waals surface area contributed by atoms with Crippen molar-refractivity contribution in [2.75, 3.05) is 12.5 Å². The Hall–Kier alpha value is -2.86. The Kier molecular flexibility index (Phi) is 12.9. The smallest absolute Gasteiger partial charge is 0.280 e. The van der Waals surface area contributed by atoms with E-state index < -0.39 is 71.9 Å². The quantitative estimate of drug-likeness (QED) is 0.221. The van der Waals surface area contributed by atoms with E-state index in [1.54, 1.807) is 6.92 Å². The lowest BCUT2D eigenvalue weighted by molar-refractivity contribution is 0.100. The number of aliphatic imine (C=N–C) groups is 1. The standard InChI is InChI=1S/C16H23N3O5S2.C15H19ClO5S2/c1-10-8-14(26(23,24)11-6-4-3-5-7-11)13(25(2,21)22)9-12(10)15(20)19-16(17)18;1-10-8-14(23(20,21)11-6-4-3-5-7-11)13(22(2,18)19)9-12(10)15(16)17/h8-9,11H,3-7H2,1-2H3,(H4,17,18,19,20);8-9,11H,3-7H2,1-2H3. The largest absolute Gasteiger partial charge is 0.370 e. The molecule has 4 N–H and O–H groups in total. The average Bonchev–Trinajstić information content (AvgIpc) is 3.00. The Morgan fingerprint density at radius 3 is 1.29 bits per heavy atom. The van der Waals surface area contributed by atoms with Gasteiger partial charge < -0.3 is 11.5 Å². The van der Waals surface area contributed by atoms with Gasteiger partial charge in [-0.15, -0.1) is 0 Å². The van der Waals surface area contributed by atoms with E-state index in [0.29, 0.717) is 36.8 Å². The maximum absolute atomic E-state index is 13.0. The molecule has 13 nitrogen and oxygen atoms in total. The maximum atomic E-state index is 13.0. The first-order valence-corrected chi connectivity index (χ1v) is 22.8. The van der Waals surface area contributed by atoms with E-state index in [-0.39, 0.29) is 25.8 Å². The number of amides is 1. The number of hydrogen-bond donors (Lipinski definition) is 2. The van der Waals surface area contributed by atoms with Crippen molar-refractivity contribution in [2.24, 2.45) is 16.5 Å². The summed E-state index contributed by atoms with van der Waals surface area (Å²) in [5.41, 5.74) is 11.0. The molecule has 2 fully saturated rings. The van der Waals surface area contributed by atoms with Gasteiger partial charge in [-0.3, -0.25) is 9.59 Å². The van der Waals surface area contributed by atoms with Gasteiger partial charge in [0.1, 0.15) is 0 Å². The van der Waals surface area contributed by atoms with Crippen LogP contribution in [0.5, 0.6) is 0 Å². The molecule has 18 heteroatoms. The van der Waals surface area contributed by atoms with Crippen molar-refractivity contribution >= 4 is 68.1 Å². The molecule has 0 radical (unpaired) electrons. The molecule has 49 heavy (non-hydrogen) atoms. The molecule has 0 aliphatic heterocycles. The van der Waals surface area contributed by atoms with E-state index in [9.17, 15) is 43.3 Å². The lowest BCUT2D eigenvalue weighted by atomic mass is 10.0. The highest BCUT2D eigenvalue weighted by atomic mass is 35.5. The second-order valence-electron chi connectivity index (χ2n) is 12.5. The molecule has 0 heterocycles. The molecule has 1 amide bonds. The summed E-state index contributed by atoms with van der Waals surface area (Å²) in [5, 5.41) is -2.00. The molecular weight excluding hydrogens is 738 g/mol. The van der Waals surface area contributed by atoms with Crippen LogP contribution in [0.2, 0.25) is 0 Å². The number of carbonyl (C=O) groups is 2. The molecule has 2 aromatic carbocycles. The highest BCUT2D eigenvalue weighted by molar-refractivity contribution is 7.95. The van der Waals surface area contributed by atoms with Gasteiger partial charge in [-0.25, -0.2) is 33.7 Å². The molecule has 4 rings (SSSR count). The predicted molar refractivity (Wildman–Crippen MR) is 187 cm³/mol. The Morgan fingerprint density at radius 2 is 0.959 bits per heavy atom. The van der Waals surface area contributed by atoms with Gasteiger partial charge >= 0.3 is 0 Å². The fraction of sp³-hybridized carbons (Fsp3) is 0.516. The van der Waals surface area contributed by atoms with Crippen molar-refractivity contribution in [3.05, 3.63) is 46.5 Å². The fourth-order valence-electron chi connectivity index (χ4n) is 6.08. The van der Waals surface area contributed by atoms with Gasteiger partial charge in [0, 0.05) is 23.6 Å². The van der Waals surface area contributed by atoms with Crippen LogP contribution in [0.1, 0.15) is 96.1 Å². The Labute approximate surface area is 293 Å². The summed E-state index contributed by atoms with van der Waals surface area (Å²) in [7, 11) is -15.3. The number of nitrogens with zero attached hydrogens (tertiary/aromatic N) is 1. The van der Waals surface area contributed by atoms with E-state index >= 15 is 0 Å². The minimum Gasteiger partial charge on any atom is -0.370 e. The second-order valence-corrected chi connectivity index (χ2v) is 21.2. The first-order valence-electron chi connectivity index (χ1n) is 15.5. The van der Waals surface area contributed by atoms with Crippen LogP contribution in [0.4, 0.5) is 0 Å². The third-order valence-corrected chi connectivity index (χ3v) is 16.0. The van der Waals surface area contributed by atoms with Gasteiger partial charge in [-0.2, -0.15) is 4.99 Å². The second kappa shape index (κ2) is 15.6. The maximum Gasteiger partial charge on any atom is 0.280 e. The molecule has 2 saturated carbocycles. The topological polar surface area (TPSA) is 235 Å². The van der Waals surface area contributed by atoms with Gasteiger partial charge in [-0.05, 0) is 86.5 Å². The summed E-state index contributed by atoms with van der Waals surface area (Å²) in [6.45, 7) is 3.06. The highest BCUT2D eigenvalue weighted by Gasteiger charge is 2.35. The molecule has 0 saturated heterocycles. The third-order valence-electron chi connectivity index (χ3n) is 8.65. The Balaban J connectivity index is 0.000000267. The summed E-state index contributed by atoms with van der Waals surface area (Å²) in [5.74, 6) is -1.29. The normalized spacial score (nSPS) is 16.7. The zero-order chi connectivity index (χ0) is 37.1. The van der Waals surface area contributed by atoms with Gasteiger partial charge in [0.05, 0.1) is 30.1 Å². The van der Waals surface area contributed by atoms with Crippen molar-refractivity contribution < 1.29 is 43.3 Å². The number of carbonyl (C=O) groups excluding carboxylic acids is 2. The van der Waals surface area contributed by atoms with Crippen LogP contribution >= 0.6 is 11.6 Å². The van der Waals surface area contributed by atoms with Crippen LogP contribution in [0.25, 0.3) is 0 Å². The molecule has 0 bridgehead atoms. The summed E-state index contributed by atoms with van der Waals surface area (Å²) < 4.78 is 100. The molecule has 2 aliphatic carbocycles. The average molecular weight is 780 g/mol. The zero-order valence-electron chi connectivity index (χ0n) is 27.7. The van der Waals surface area contributed by atoms with E-state index in [1.807, 2.05) is 0 Å². The van der Waals surface area contributed by atoms with Crippen LogP contribution in [0.15, 0.2) is 48.8 Å². The minimum atomic E-state index is -3.90. The van der Waals surface area contributed by atoms with Crippen LogP contribution in [-0.4, -0.2) is 73.8 Å². The van der Waals surface area contributed by atoms with Crippen LogP contribution in [0, 0.1) is 13.8 Å². The van der Waals surface area contributed by atoms with Crippen molar-refractivity contribution in [1.82, 2.24) is 0 Å². The van der Waals surface area contributed by atoms with Crippen LogP contribution < -0.4 is 11.5 Å². The number of guanidine groups is 1. The van der Waals surface area contributed by atoms with E-state index in [1.165, 1.54) is 19.1 Å². The van der Waals surface area contributed by atoms with Gasteiger partial charge in [0.25, 0.3) is 11.1 Å². The SMILES string of the molecule is Cc1cc(S(=O)(=O)C2CCCCC2)c(S(C)(=O)=O)cc1C(=O)Cl.Cc1cc(S(=O)(=O)C2CCCCC2)c(S(C)(=O)=O)cc1C(=O)N=C(N)N. The van der Waals surface area contributed by atoms with Crippen LogP contribution in [-0.2, 0) is 39.3 Å². The number of hydrogen-bond acceptors (Lipinski definition) is 10. The Morgan fingerprint density at radius 1 is 0.612 bits per heavy atom. The molecular formula is C31H42ClN3O10S4. The number of nitrogens with two attached hydrogens (primary N) is 2. The van der Waals surface area contributed by atoms with Crippen molar-refractivity contribution in [3.8, 4) is 0 Å². The number of sulfone groups is 4. The van der Waals surface area contributed by atoms with Gasteiger partial charge in [-0.1, -0.05) is 38.5 Å². The number of rotatable bonds is 8. The van der Waals surface area contributed by atoms with Crippen molar-refractivity contribution in [3.63, 3.8) is 0 Å². The molecule has 272 valence electrons. The molecule has 0 atom stereocenters.